The molecule has 1 aliphatic heterocycles. The molecule has 1 saturated carbocycles. The first-order chi connectivity index (χ1) is 4.26. The molecule has 2 atom stereocenters. The number of hydrogen-bond donors (Lipinski definition) is 1. The van der Waals surface area contributed by atoms with Gasteiger partial charge in [0.05, 0.1) is 0 Å². The Bertz CT molecular complexity index is 138. The van der Waals surface area contributed by atoms with Crippen LogP contribution < -0.4 is 5.32 Å². The van der Waals surface area contributed by atoms with Gasteiger partial charge in [-0.05, 0) is 18.9 Å². The van der Waals surface area contributed by atoms with Gasteiger partial charge >= 0.3 is 0 Å². The molecule has 0 radical (unpaired) electrons. The Kier molecular flexibility index (Phi) is 1.90. The maximum absolute atomic E-state index is 12.1. The number of rotatable bonds is 1. The lowest BCUT2D eigenvalue weighted by Crippen LogP contribution is -2.21. The van der Waals surface area contributed by atoms with Crippen LogP contribution in [0.15, 0.2) is 0 Å². The van der Waals surface area contributed by atoms with Crippen molar-refractivity contribution >= 4 is 12.4 Å². The van der Waals surface area contributed by atoms with E-state index < -0.39 is 11.8 Å². The van der Waals surface area contributed by atoms with Gasteiger partial charge < -0.3 is 5.32 Å². The van der Waals surface area contributed by atoms with Crippen molar-refractivity contribution in [3.05, 3.63) is 0 Å². The summed E-state index contributed by atoms with van der Waals surface area (Å²) < 4.78 is 24.3. The quantitative estimate of drug-likeness (QED) is 0.624. The van der Waals surface area contributed by atoms with Crippen LogP contribution in [0.5, 0.6) is 0 Å². The van der Waals surface area contributed by atoms with Gasteiger partial charge in [0.2, 0.25) is 6.43 Å². The summed E-state index contributed by atoms with van der Waals surface area (Å²) in [5.41, 5.74) is -0.583. The van der Waals surface area contributed by atoms with Crippen LogP contribution in [0.25, 0.3) is 0 Å². The molecule has 1 N–H and O–H groups in total. The highest BCUT2D eigenvalue weighted by Gasteiger charge is 2.63. The van der Waals surface area contributed by atoms with E-state index in [1.54, 1.807) is 0 Å². The van der Waals surface area contributed by atoms with Gasteiger partial charge in [-0.2, -0.15) is 0 Å². The number of halogens is 3. The predicted octanol–water partition coefficient (Wildman–Crippen LogP) is 1.28. The number of alkyl halides is 2. The molecule has 0 spiro atoms. The lowest BCUT2D eigenvalue weighted by atomic mass is 10.1. The van der Waals surface area contributed by atoms with E-state index in [9.17, 15) is 8.78 Å². The molecule has 2 rings (SSSR count). The SMILES string of the molecule is Cl.FC(F)C12CNCC1C2. The first kappa shape index (κ1) is 8.21. The molecule has 1 aliphatic carbocycles. The van der Waals surface area contributed by atoms with Crippen molar-refractivity contribution in [2.45, 2.75) is 12.8 Å². The van der Waals surface area contributed by atoms with Crippen molar-refractivity contribution in [1.29, 1.82) is 0 Å². The Balaban J connectivity index is 0.000000500. The van der Waals surface area contributed by atoms with Gasteiger partial charge in [-0.3, -0.25) is 0 Å². The van der Waals surface area contributed by atoms with Gasteiger partial charge in [-0.1, -0.05) is 0 Å². The summed E-state index contributed by atoms with van der Waals surface area (Å²) in [7, 11) is 0. The van der Waals surface area contributed by atoms with E-state index >= 15 is 0 Å². The third-order valence-electron chi connectivity index (χ3n) is 2.56. The fourth-order valence-electron chi connectivity index (χ4n) is 1.72. The topological polar surface area (TPSA) is 12.0 Å². The summed E-state index contributed by atoms with van der Waals surface area (Å²) in [5, 5.41) is 2.96. The molecule has 60 valence electrons. The smallest absolute Gasteiger partial charge is 0.245 e. The van der Waals surface area contributed by atoms with Crippen molar-refractivity contribution in [2.24, 2.45) is 11.3 Å². The molecule has 2 unspecified atom stereocenters. The zero-order valence-electron chi connectivity index (χ0n) is 5.44. The van der Waals surface area contributed by atoms with Crippen LogP contribution in [-0.2, 0) is 0 Å². The van der Waals surface area contributed by atoms with Crippen molar-refractivity contribution in [2.75, 3.05) is 13.1 Å². The second kappa shape index (κ2) is 2.31. The van der Waals surface area contributed by atoms with Crippen LogP contribution in [0.2, 0.25) is 0 Å². The molecule has 0 bridgehead atoms. The van der Waals surface area contributed by atoms with Crippen molar-refractivity contribution in [3.63, 3.8) is 0 Å². The highest BCUT2D eigenvalue weighted by Crippen LogP contribution is 2.58. The molecule has 2 fully saturated rings. The minimum atomic E-state index is -2.10. The zero-order chi connectivity index (χ0) is 6.48. The van der Waals surface area contributed by atoms with Crippen LogP contribution in [-0.4, -0.2) is 19.5 Å². The number of fused-ring (bicyclic) bond motifs is 1. The summed E-state index contributed by atoms with van der Waals surface area (Å²) in [6, 6.07) is 0. The maximum Gasteiger partial charge on any atom is 0.245 e. The van der Waals surface area contributed by atoms with E-state index in [-0.39, 0.29) is 18.3 Å². The molecule has 0 aromatic rings. The van der Waals surface area contributed by atoms with Crippen molar-refractivity contribution in [1.82, 2.24) is 5.32 Å². The molecular formula is C6H10ClF2N. The normalized spacial score (nSPS) is 42.9. The average molecular weight is 170 g/mol. The van der Waals surface area contributed by atoms with E-state index in [2.05, 4.69) is 5.32 Å². The first-order valence-electron chi connectivity index (χ1n) is 3.24. The first-order valence-corrected chi connectivity index (χ1v) is 3.24. The molecule has 2 aliphatic rings. The Morgan fingerprint density at radius 3 is 2.40 bits per heavy atom. The second-order valence-electron chi connectivity index (χ2n) is 3.07. The Morgan fingerprint density at radius 1 is 1.50 bits per heavy atom. The zero-order valence-corrected chi connectivity index (χ0v) is 6.26. The van der Waals surface area contributed by atoms with Gasteiger partial charge in [0.15, 0.2) is 0 Å². The van der Waals surface area contributed by atoms with Gasteiger partial charge in [0.1, 0.15) is 0 Å². The monoisotopic (exact) mass is 169 g/mol. The highest BCUT2D eigenvalue weighted by atomic mass is 35.5. The van der Waals surface area contributed by atoms with Crippen LogP contribution in [0.3, 0.4) is 0 Å². The predicted molar refractivity (Wildman–Crippen MR) is 36.7 cm³/mol. The van der Waals surface area contributed by atoms with E-state index in [0.717, 1.165) is 13.0 Å². The van der Waals surface area contributed by atoms with E-state index in [0.29, 0.717) is 6.54 Å². The molecule has 10 heavy (non-hydrogen) atoms. The maximum atomic E-state index is 12.1. The minimum Gasteiger partial charge on any atom is -0.316 e. The average Bonchev–Trinajstić information content (AvgIpc) is 2.38. The lowest BCUT2D eigenvalue weighted by Gasteiger charge is -2.07. The van der Waals surface area contributed by atoms with Crippen LogP contribution in [0.4, 0.5) is 8.78 Å². The molecule has 0 amide bonds. The van der Waals surface area contributed by atoms with Gasteiger partial charge in [-0.25, -0.2) is 8.78 Å². The largest absolute Gasteiger partial charge is 0.316 e. The van der Waals surface area contributed by atoms with Crippen molar-refractivity contribution < 1.29 is 8.78 Å². The summed E-state index contributed by atoms with van der Waals surface area (Å²) >= 11 is 0. The fourth-order valence-corrected chi connectivity index (χ4v) is 1.72. The summed E-state index contributed by atoms with van der Waals surface area (Å²) in [6.07, 6.45) is -1.35. The van der Waals surface area contributed by atoms with E-state index in [1.165, 1.54) is 0 Å². The Hall–Kier alpha value is 0.110. The summed E-state index contributed by atoms with van der Waals surface area (Å²) in [6.45, 7) is 1.35. The van der Waals surface area contributed by atoms with Crippen LogP contribution in [0.1, 0.15) is 6.42 Å². The summed E-state index contributed by atoms with van der Waals surface area (Å²) in [5.74, 6) is 0.289. The van der Waals surface area contributed by atoms with E-state index in [1.807, 2.05) is 0 Å². The van der Waals surface area contributed by atoms with Crippen LogP contribution in [0, 0.1) is 11.3 Å². The minimum absolute atomic E-state index is 0. The molecular weight excluding hydrogens is 160 g/mol. The van der Waals surface area contributed by atoms with E-state index in [4.69, 9.17) is 0 Å². The Labute approximate surface area is 64.6 Å². The standard InChI is InChI=1S/C6H9F2N.ClH/c7-5(8)6-1-4(6)2-9-3-6;/h4-5,9H,1-3H2;1H. The molecule has 0 aromatic heterocycles. The second-order valence-corrected chi connectivity index (χ2v) is 3.07. The number of nitrogens with one attached hydrogen (secondary N) is 1. The Morgan fingerprint density at radius 2 is 2.20 bits per heavy atom. The molecule has 1 heterocycles. The third-order valence-corrected chi connectivity index (χ3v) is 2.56. The number of hydrogen-bond acceptors (Lipinski definition) is 1. The molecule has 0 aromatic carbocycles. The molecule has 4 heteroatoms. The van der Waals surface area contributed by atoms with Crippen molar-refractivity contribution in [3.8, 4) is 0 Å². The highest BCUT2D eigenvalue weighted by molar-refractivity contribution is 5.85. The lowest BCUT2D eigenvalue weighted by molar-refractivity contribution is 0.0642. The van der Waals surface area contributed by atoms with Gasteiger partial charge in [-0.15, -0.1) is 12.4 Å². The fraction of sp³-hybridized carbons (Fsp3) is 1.00. The summed E-state index contributed by atoms with van der Waals surface area (Å²) in [4.78, 5) is 0. The third kappa shape index (κ3) is 0.839. The van der Waals surface area contributed by atoms with Gasteiger partial charge in [0, 0.05) is 12.0 Å². The molecule has 1 saturated heterocycles. The number of piperidine rings is 1. The van der Waals surface area contributed by atoms with Gasteiger partial charge in [0.25, 0.3) is 0 Å². The van der Waals surface area contributed by atoms with Crippen LogP contribution >= 0.6 is 12.4 Å². The molecule has 1 nitrogen and oxygen atoms in total.